The highest BCUT2D eigenvalue weighted by molar-refractivity contribution is 5.83. The van der Waals surface area contributed by atoms with Crippen LogP contribution in [-0.4, -0.2) is 60.5 Å². The quantitative estimate of drug-likeness (QED) is 0.373. The fourth-order valence-corrected chi connectivity index (χ4v) is 3.85. The number of aryl methyl sites for hydroxylation is 1. The lowest BCUT2D eigenvalue weighted by Gasteiger charge is -2.16. The number of fused-ring (bicyclic) bond motifs is 1. The lowest BCUT2D eigenvalue weighted by Crippen LogP contribution is -2.42. The van der Waals surface area contributed by atoms with E-state index >= 15 is 0 Å². The first-order chi connectivity index (χ1) is 16.0. The summed E-state index contributed by atoms with van der Waals surface area (Å²) in [7, 11) is 0. The number of likely N-dealkylation sites (N-methyl/N-ethyl adjacent to an activating group) is 1. The smallest absolute Gasteiger partial charge is 0.252 e. The van der Waals surface area contributed by atoms with Crippen molar-refractivity contribution in [3.63, 3.8) is 0 Å². The predicted molar refractivity (Wildman–Crippen MR) is 123 cm³/mol. The number of carbonyl (C=O) groups is 1. The Morgan fingerprint density at radius 1 is 1.24 bits per heavy atom. The number of hydrogen-bond donors (Lipinski definition) is 4. The van der Waals surface area contributed by atoms with Crippen LogP contribution in [0.5, 0.6) is 0 Å². The van der Waals surface area contributed by atoms with Gasteiger partial charge in [-0.15, -0.1) is 0 Å². The molecule has 1 fully saturated rings. The molecule has 1 aromatic carbocycles. The molecule has 10 nitrogen and oxygen atoms in total. The van der Waals surface area contributed by atoms with Crippen LogP contribution in [0.25, 0.3) is 17.2 Å². The van der Waals surface area contributed by atoms with E-state index in [1.54, 1.807) is 13.0 Å². The van der Waals surface area contributed by atoms with Gasteiger partial charge >= 0.3 is 0 Å². The number of nitrogens with zero attached hydrogens (tertiary/aromatic N) is 4. The van der Waals surface area contributed by atoms with Crippen LogP contribution in [0.1, 0.15) is 37.4 Å². The second-order valence-corrected chi connectivity index (χ2v) is 7.89. The van der Waals surface area contributed by atoms with Gasteiger partial charge in [0.15, 0.2) is 29.6 Å². The standard InChI is InChI=1S/C23H28N6O4/c1-2-25-22(32)19-17(30)18(31)23(33-19)29-13-26-16-20(24)27-15(28-21(16)29)12-8-4-7-11-14-9-5-3-6-10-14/h3,5-6,8-10,12-13,17-19,23,30-31H,2,4,7,11H2,1H3,(H,25,32)(H2,24,27,28)/b12-8+/t17-,18+,19-,23+/m0/s1. The van der Waals surface area contributed by atoms with Gasteiger partial charge in [0, 0.05) is 6.54 Å². The molecule has 0 spiro atoms. The molecule has 33 heavy (non-hydrogen) atoms. The first-order valence-electron chi connectivity index (χ1n) is 11.0. The molecule has 4 rings (SSSR count). The minimum Gasteiger partial charge on any atom is -0.387 e. The van der Waals surface area contributed by atoms with Crippen molar-refractivity contribution in [3.05, 3.63) is 54.1 Å². The van der Waals surface area contributed by atoms with E-state index in [1.165, 1.54) is 16.5 Å². The fraction of sp³-hybridized carbons (Fsp3) is 0.391. The molecule has 0 radical (unpaired) electrons. The van der Waals surface area contributed by atoms with E-state index in [9.17, 15) is 15.0 Å². The minimum absolute atomic E-state index is 0.191. The Bertz CT molecular complexity index is 1130. The number of benzene rings is 1. The second-order valence-electron chi connectivity index (χ2n) is 7.89. The van der Waals surface area contributed by atoms with Crippen molar-refractivity contribution < 1.29 is 19.7 Å². The van der Waals surface area contributed by atoms with Gasteiger partial charge < -0.3 is 26.0 Å². The number of aromatic nitrogens is 4. The van der Waals surface area contributed by atoms with Crippen molar-refractivity contribution >= 4 is 29.0 Å². The van der Waals surface area contributed by atoms with Gasteiger partial charge in [-0.2, -0.15) is 0 Å². The third-order valence-electron chi connectivity index (χ3n) is 5.53. The number of rotatable bonds is 8. The number of imidazole rings is 1. The highest BCUT2D eigenvalue weighted by Crippen LogP contribution is 2.32. The maximum atomic E-state index is 12.2. The number of nitrogens with two attached hydrogens (primary N) is 1. The molecule has 1 saturated heterocycles. The summed E-state index contributed by atoms with van der Waals surface area (Å²) in [5.74, 6) is 0.0926. The largest absolute Gasteiger partial charge is 0.387 e. The zero-order valence-corrected chi connectivity index (χ0v) is 18.3. The summed E-state index contributed by atoms with van der Waals surface area (Å²) < 4.78 is 7.14. The fourth-order valence-electron chi connectivity index (χ4n) is 3.85. The molecule has 1 amide bonds. The Labute approximate surface area is 191 Å². The molecule has 10 heteroatoms. The molecule has 4 atom stereocenters. The Morgan fingerprint density at radius 3 is 2.79 bits per heavy atom. The van der Waals surface area contributed by atoms with Crippen molar-refractivity contribution in [2.24, 2.45) is 0 Å². The van der Waals surface area contributed by atoms with E-state index in [2.05, 4.69) is 32.4 Å². The highest BCUT2D eigenvalue weighted by Gasteiger charge is 2.47. The average Bonchev–Trinajstić information content (AvgIpc) is 3.36. The molecule has 2 aromatic heterocycles. The van der Waals surface area contributed by atoms with Gasteiger partial charge in [-0.25, -0.2) is 15.0 Å². The number of nitrogens with one attached hydrogen (secondary N) is 1. The van der Waals surface area contributed by atoms with Gasteiger partial charge in [0.25, 0.3) is 5.91 Å². The Morgan fingerprint density at radius 2 is 2.03 bits per heavy atom. The monoisotopic (exact) mass is 452 g/mol. The number of aliphatic hydroxyl groups is 2. The molecule has 0 aliphatic carbocycles. The number of allylic oxidation sites excluding steroid dienone is 1. The lowest BCUT2D eigenvalue weighted by atomic mass is 10.1. The van der Waals surface area contributed by atoms with Crippen LogP contribution < -0.4 is 11.1 Å². The predicted octanol–water partition coefficient (Wildman–Crippen LogP) is 1.20. The van der Waals surface area contributed by atoms with Gasteiger partial charge in [0.1, 0.15) is 17.7 Å². The van der Waals surface area contributed by atoms with Gasteiger partial charge in [0.05, 0.1) is 6.33 Å². The Balaban J connectivity index is 1.50. The molecule has 174 valence electrons. The van der Waals surface area contributed by atoms with Crippen molar-refractivity contribution in [2.75, 3.05) is 12.3 Å². The van der Waals surface area contributed by atoms with Crippen molar-refractivity contribution in [1.82, 2.24) is 24.8 Å². The van der Waals surface area contributed by atoms with Gasteiger partial charge in [-0.1, -0.05) is 36.4 Å². The van der Waals surface area contributed by atoms with Crippen LogP contribution in [0.2, 0.25) is 0 Å². The number of hydrogen-bond acceptors (Lipinski definition) is 8. The summed E-state index contributed by atoms with van der Waals surface area (Å²) in [4.78, 5) is 25.2. The van der Waals surface area contributed by atoms with E-state index < -0.39 is 30.4 Å². The number of ether oxygens (including phenoxy) is 1. The first kappa shape index (κ1) is 22.8. The van der Waals surface area contributed by atoms with Gasteiger partial charge in [-0.05, 0) is 37.8 Å². The third-order valence-corrected chi connectivity index (χ3v) is 5.53. The van der Waals surface area contributed by atoms with Crippen LogP contribution in [0.4, 0.5) is 5.82 Å². The second kappa shape index (κ2) is 10.1. The number of anilines is 1. The van der Waals surface area contributed by atoms with Crippen LogP contribution >= 0.6 is 0 Å². The molecule has 1 aliphatic rings. The van der Waals surface area contributed by atoms with E-state index in [-0.39, 0.29) is 5.82 Å². The molecular weight excluding hydrogens is 424 g/mol. The molecular formula is C23H28N6O4. The van der Waals surface area contributed by atoms with Crippen LogP contribution in [0, 0.1) is 0 Å². The molecule has 5 N–H and O–H groups in total. The van der Waals surface area contributed by atoms with Crippen LogP contribution in [0.3, 0.4) is 0 Å². The maximum Gasteiger partial charge on any atom is 0.252 e. The molecule has 3 aromatic rings. The zero-order valence-electron chi connectivity index (χ0n) is 18.3. The number of amides is 1. The van der Waals surface area contributed by atoms with E-state index in [0.717, 1.165) is 19.3 Å². The first-order valence-corrected chi connectivity index (χ1v) is 11.0. The minimum atomic E-state index is -1.39. The third kappa shape index (κ3) is 4.87. The molecule has 3 heterocycles. The summed E-state index contributed by atoms with van der Waals surface area (Å²) in [6.45, 7) is 2.14. The van der Waals surface area contributed by atoms with Gasteiger partial charge in [0.2, 0.25) is 0 Å². The summed E-state index contributed by atoms with van der Waals surface area (Å²) in [5.41, 5.74) is 8.06. The summed E-state index contributed by atoms with van der Waals surface area (Å²) in [6.07, 6.45) is 3.01. The zero-order chi connectivity index (χ0) is 23.4. The van der Waals surface area contributed by atoms with Gasteiger partial charge in [-0.3, -0.25) is 9.36 Å². The Hall–Kier alpha value is -3.34. The average molecular weight is 453 g/mol. The summed E-state index contributed by atoms with van der Waals surface area (Å²) >= 11 is 0. The maximum absolute atomic E-state index is 12.2. The SMILES string of the molecule is CCNC(=O)[C@H]1O[C@@H](n2cnc3c(N)nc(/C=C/CCCc4ccccc4)nc32)[C@H](O)[C@@H]1O. The number of unbranched alkanes of at least 4 members (excludes halogenated alkanes) is 1. The highest BCUT2D eigenvalue weighted by atomic mass is 16.6. The summed E-state index contributed by atoms with van der Waals surface area (Å²) in [5, 5.41) is 23.4. The molecule has 0 unspecified atom stereocenters. The van der Waals surface area contributed by atoms with Crippen LogP contribution in [0.15, 0.2) is 42.7 Å². The van der Waals surface area contributed by atoms with E-state index in [4.69, 9.17) is 10.5 Å². The molecule has 1 aliphatic heterocycles. The Kier molecular flexibility index (Phi) is 6.97. The van der Waals surface area contributed by atoms with Crippen molar-refractivity contribution in [1.29, 1.82) is 0 Å². The van der Waals surface area contributed by atoms with Crippen molar-refractivity contribution in [3.8, 4) is 0 Å². The van der Waals surface area contributed by atoms with E-state index in [1.807, 2.05) is 24.3 Å². The number of aliphatic hydroxyl groups excluding tert-OH is 2. The lowest BCUT2D eigenvalue weighted by molar-refractivity contribution is -0.137. The normalized spacial score (nSPS) is 22.9. The number of carbonyl (C=O) groups excluding carboxylic acids is 1. The number of nitrogen functional groups attached to an aromatic ring is 1. The van der Waals surface area contributed by atoms with Crippen molar-refractivity contribution in [2.45, 2.75) is 50.7 Å². The topological polar surface area (TPSA) is 148 Å². The molecule has 0 bridgehead atoms. The molecule has 0 saturated carbocycles. The van der Waals surface area contributed by atoms with E-state index in [0.29, 0.717) is 23.5 Å². The summed E-state index contributed by atoms with van der Waals surface area (Å²) in [6, 6.07) is 10.3. The van der Waals surface area contributed by atoms with Crippen LogP contribution in [-0.2, 0) is 16.0 Å².